The molecule has 52 nitrogen and oxygen atoms in total. The van der Waals surface area contributed by atoms with Crippen LogP contribution in [0.15, 0.2) is 24.3 Å². The van der Waals surface area contributed by atoms with Crippen LogP contribution in [0.2, 0.25) is 0 Å². The van der Waals surface area contributed by atoms with Crippen LogP contribution in [0.5, 0.6) is 0 Å². The fourth-order valence-electron chi connectivity index (χ4n) is 17.2. The number of aliphatic hydroxyl groups excluding tert-OH is 17. The molecule has 34 atom stereocenters. The molecule has 23 aliphatic rings. The Kier molecular flexibility index (Phi) is 46.2. The number of carbonyl (C=O) groups is 7. The van der Waals surface area contributed by atoms with E-state index in [0.29, 0.717) is 114 Å². The number of primary amides is 1. The second-order valence-electron chi connectivity index (χ2n) is 35.5. The SMILES string of the molecule is CC(=O)N[C@H](CCCCNCCCOCCOCCCCCOCCNC(=O)COC1CCCCCc2c1nnn2CC1OC2OC3C(CO)OC(OC4C(CO)OC(OC5C(CO)OC(OC6C(CO)OC(OC7C(CO)OC(OC1C(O)C2O)C(O)C7O)C(O)C6O)C(O)C5O)C(O)C4O)C(O)C3O)C(=O)N[C@H](C(=O)N[C@@H](CCCNC(N)=O)C(=O)Nc1ccc(COC(C)=O)cc1)C(C)C. The summed E-state index contributed by atoms with van der Waals surface area (Å²) < 4.78 is 101. The van der Waals surface area contributed by atoms with Crippen molar-refractivity contribution >= 4 is 47.2 Å². The van der Waals surface area contributed by atoms with Crippen LogP contribution in [0.25, 0.3) is 0 Å². The van der Waals surface area contributed by atoms with Gasteiger partial charge in [0.1, 0.15) is 190 Å². The van der Waals surface area contributed by atoms with E-state index in [9.17, 15) is 120 Å². The third-order valence-electron chi connectivity index (χ3n) is 24.8. The molecule has 22 saturated heterocycles. The van der Waals surface area contributed by atoms with Crippen molar-refractivity contribution in [2.45, 2.75) is 339 Å². The number of hydrogen-bond donors (Lipinski definition) is 25. The van der Waals surface area contributed by atoms with Gasteiger partial charge in [0.25, 0.3) is 0 Å². The summed E-state index contributed by atoms with van der Waals surface area (Å²) >= 11 is 0. The van der Waals surface area contributed by atoms with Crippen LogP contribution in [0.4, 0.5) is 10.5 Å². The first kappa shape index (κ1) is 113. The van der Waals surface area contributed by atoms with E-state index in [2.05, 4.69) is 47.5 Å². The summed E-state index contributed by atoms with van der Waals surface area (Å²) in [4.78, 5) is 89.3. The summed E-state index contributed by atoms with van der Waals surface area (Å²) in [6, 6.07) is 2.68. The minimum atomic E-state index is -2.24. The van der Waals surface area contributed by atoms with E-state index in [1.165, 1.54) is 18.5 Å². The number of unbranched alkanes of at least 4 members (excludes halogenated alkanes) is 3. The van der Waals surface area contributed by atoms with Gasteiger partial charge in [-0.05, 0) is 114 Å². The van der Waals surface area contributed by atoms with E-state index >= 15 is 0 Å². The highest BCUT2D eigenvalue weighted by Gasteiger charge is 2.60. The predicted octanol–water partition coefficient (Wildman–Crippen LogP) is -9.81. The molecular formula is C86H141N11O41. The molecule has 1 aliphatic carbocycles. The second kappa shape index (κ2) is 56.4. The lowest BCUT2D eigenvalue weighted by molar-refractivity contribution is -0.403. The van der Waals surface area contributed by atoms with Gasteiger partial charge in [-0.1, -0.05) is 44.0 Å². The van der Waals surface area contributed by atoms with Crippen LogP contribution in [-0.4, -0.2) is 451 Å². The summed E-state index contributed by atoms with van der Waals surface area (Å²) in [6.07, 6.45) is -53.7. The summed E-state index contributed by atoms with van der Waals surface area (Å²) in [5.74, 6) is -3.55. The highest BCUT2D eigenvalue weighted by Crippen LogP contribution is 2.40. The molecule has 1 aromatic carbocycles. The number of nitrogens with one attached hydrogen (secondary N) is 7. The number of aliphatic hydroxyl groups is 17. The largest absolute Gasteiger partial charge is 0.461 e. The Morgan fingerprint density at radius 2 is 0.884 bits per heavy atom. The molecule has 0 radical (unpaired) electrons. The zero-order chi connectivity index (χ0) is 100.0. The maximum Gasteiger partial charge on any atom is 0.312 e. The van der Waals surface area contributed by atoms with E-state index in [-0.39, 0.29) is 45.6 Å². The van der Waals surface area contributed by atoms with Crippen molar-refractivity contribution in [1.29, 1.82) is 0 Å². The van der Waals surface area contributed by atoms with Crippen molar-refractivity contribution < 1.29 is 201 Å². The molecule has 1 aromatic heterocycles. The normalized spacial score (nSPS) is 34.3. The van der Waals surface area contributed by atoms with Crippen molar-refractivity contribution in [3.05, 3.63) is 41.2 Å². The van der Waals surface area contributed by atoms with Gasteiger partial charge in [-0.2, -0.15) is 0 Å². The van der Waals surface area contributed by atoms with Crippen LogP contribution < -0.4 is 43.0 Å². The number of nitrogens with two attached hydrogens (primary N) is 1. The number of esters is 1. The number of nitrogens with zero attached hydrogens (tertiary/aromatic N) is 3. The molecule has 2 aromatic rings. The molecule has 12 bridgehead atoms. The molecule has 22 aliphatic heterocycles. The fourth-order valence-corrected chi connectivity index (χ4v) is 17.2. The summed E-state index contributed by atoms with van der Waals surface area (Å²) in [5, 5.41) is 222. The molecular weight excluding hydrogens is 1840 g/mol. The van der Waals surface area contributed by atoms with Crippen molar-refractivity contribution in [1.82, 2.24) is 46.9 Å². The number of urea groups is 1. The van der Waals surface area contributed by atoms with E-state index in [1.807, 2.05) is 0 Å². The smallest absolute Gasteiger partial charge is 0.312 e. The van der Waals surface area contributed by atoms with Crippen molar-refractivity contribution in [3.8, 4) is 0 Å². The second-order valence-corrected chi connectivity index (χ2v) is 35.5. The first-order chi connectivity index (χ1) is 66.2. The molecule has 7 amide bonds. The Balaban J connectivity index is 0.655. The van der Waals surface area contributed by atoms with Crippen molar-refractivity contribution in [3.63, 3.8) is 0 Å². The lowest BCUT2D eigenvalue weighted by atomic mass is 9.94. The number of benzene rings is 1. The van der Waals surface area contributed by atoms with Gasteiger partial charge in [-0.3, -0.25) is 28.8 Å². The number of carbonyl (C=O) groups excluding carboxylic acids is 7. The van der Waals surface area contributed by atoms with Gasteiger partial charge >= 0.3 is 12.0 Å². The summed E-state index contributed by atoms with van der Waals surface area (Å²) in [5.41, 5.74) is 7.08. The Morgan fingerprint density at radius 1 is 0.449 bits per heavy atom. The number of amides is 7. The molecule has 0 saturated carbocycles. The number of ether oxygens (including phenoxy) is 17. The van der Waals surface area contributed by atoms with Crippen LogP contribution >= 0.6 is 0 Å². The zero-order valence-corrected chi connectivity index (χ0v) is 77.5. The lowest BCUT2D eigenvalue weighted by Crippen LogP contribution is -2.69. The van der Waals surface area contributed by atoms with Gasteiger partial charge in [0.2, 0.25) is 29.5 Å². The molecule has 138 heavy (non-hydrogen) atoms. The molecule has 0 spiro atoms. The van der Waals surface area contributed by atoms with E-state index in [1.54, 1.807) is 38.1 Å². The topological polar surface area (TPSA) is 761 Å². The molecule has 23 heterocycles. The molecule has 22 fully saturated rings. The van der Waals surface area contributed by atoms with Gasteiger partial charge < -0.3 is 210 Å². The Bertz CT molecular complexity index is 4000. The van der Waals surface area contributed by atoms with E-state index in [4.69, 9.17) is 86.3 Å². The molecule has 26 N–H and O–H groups in total. The summed E-state index contributed by atoms with van der Waals surface area (Å²) in [6.45, 7) is 3.99. The number of fused-ring (bicyclic) bond motifs is 1. The third kappa shape index (κ3) is 31.6. The first-order valence-electron chi connectivity index (χ1n) is 46.9. The highest BCUT2D eigenvalue weighted by atomic mass is 16.8. The molecule has 786 valence electrons. The quantitative estimate of drug-likeness (QED) is 0.0216. The summed E-state index contributed by atoms with van der Waals surface area (Å²) in [7, 11) is 0. The Labute approximate surface area is 794 Å². The predicted molar refractivity (Wildman–Crippen MR) is 464 cm³/mol. The number of anilines is 1. The van der Waals surface area contributed by atoms with Gasteiger partial charge in [0.05, 0.1) is 65.1 Å². The Hall–Kier alpha value is -6.91. The van der Waals surface area contributed by atoms with Crippen LogP contribution in [-0.2, 0) is 129 Å². The molecule has 52 heteroatoms. The lowest BCUT2D eigenvalue weighted by Gasteiger charge is -2.50. The third-order valence-corrected chi connectivity index (χ3v) is 24.8. The maximum atomic E-state index is 13.8. The fraction of sp³-hybridized carbons (Fsp3) is 0.826. The van der Waals surface area contributed by atoms with Gasteiger partial charge in [0.15, 0.2) is 37.7 Å². The number of hydrogen-bond acceptors (Lipinski definition) is 44. The van der Waals surface area contributed by atoms with Crippen molar-refractivity contribution in [2.24, 2.45) is 11.7 Å². The maximum absolute atomic E-state index is 13.8. The van der Waals surface area contributed by atoms with Gasteiger partial charge in [0, 0.05) is 52.4 Å². The Morgan fingerprint density at radius 3 is 1.33 bits per heavy atom. The van der Waals surface area contributed by atoms with Gasteiger partial charge in [-0.25, -0.2) is 9.48 Å². The highest BCUT2D eigenvalue weighted by molar-refractivity contribution is 5.99. The van der Waals surface area contributed by atoms with Crippen LogP contribution in [0.1, 0.15) is 134 Å². The zero-order valence-electron chi connectivity index (χ0n) is 77.5. The molecule has 25 rings (SSSR count). The van der Waals surface area contributed by atoms with E-state index < -0.39 is 302 Å². The van der Waals surface area contributed by atoms with Crippen LogP contribution in [0.3, 0.4) is 0 Å². The van der Waals surface area contributed by atoms with Crippen molar-refractivity contribution in [2.75, 3.05) is 111 Å². The van der Waals surface area contributed by atoms with Crippen LogP contribution in [0, 0.1) is 5.92 Å². The van der Waals surface area contributed by atoms with E-state index in [0.717, 1.165) is 25.7 Å². The number of aromatic nitrogens is 3. The monoisotopic (exact) mass is 1980 g/mol. The van der Waals surface area contributed by atoms with Gasteiger partial charge in [-0.15, -0.1) is 5.10 Å². The first-order valence-corrected chi connectivity index (χ1v) is 46.9. The number of rotatable bonds is 45. The standard InChI is InChI=1S/C86H141N11O41/c1-41(2)57(79(120)93-47(16-13-25-90-86(87)121)77(118)92-45-21-19-44(20-22-45)39-125-43(4)104)94-78(119)46(91-42(3)103)15-9-10-23-88-24-14-29-124-32-31-123-28-12-6-11-27-122-30-26-89-56(105)40-126-49-18-8-5-7-17-48-58(49)95-96-97(48)33-50-71-59(106)65(112)80(127-50)134-72-51(34-98)129-82(67(114)61(72)108)136-74-53(36-100)131-84(69(116)63(74)110)138-76-55(38-102)132-85(70(117)64(76)111)137-75-54(37-101)130-83(68(115)62(75)109)135-73-52(35-99)128-81(133-71)66(113)60(73)107/h19-22,41,46-47,49-55,57,59-76,80-85,88,98-102,106-117H,5-18,23-40H2,1-4H3,(H,89,105)(H,91,103)(H,92,118)(H,93,120)(H,94,119)(H3,87,90,121)/t46-,47+,49?,50?,51?,52?,53?,54?,55?,57+,59?,60?,61?,62?,63?,64?,65?,66?,67?,68?,69?,70?,71?,72?,73?,74?,75?,76?,80?,81?,82?,83?,84?,85?/m1/s1. The average Bonchev–Trinajstić information content (AvgIpc) is 0.988. The molecule has 31 unspecified atom stereocenters. The minimum Gasteiger partial charge on any atom is -0.461 e. The average molecular weight is 1990 g/mol. The minimum absolute atomic E-state index is 0.0429.